The Morgan fingerprint density at radius 3 is 2.73 bits per heavy atom. The lowest BCUT2D eigenvalue weighted by Crippen LogP contribution is -2.37. The summed E-state index contributed by atoms with van der Waals surface area (Å²) in [6.45, 7) is 0.881. The van der Waals surface area contributed by atoms with Crippen LogP contribution in [0.3, 0.4) is 0 Å². The molecule has 0 spiro atoms. The molecule has 170 valence electrons. The second-order valence-corrected chi connectivity index (χ2v) is 9.62. The first-order chi connectivity index (χ1) is 16.1. The van der Waals surface area contributed by atoms with Crippen LogP contribution in [0.2, 0.25) is 0 Å². The molecule has 0 bridgehead atoms. The van der Waals surface area contributed by atoms with E-state index >= 15 is 0 Å². The summed E-state index contributed by atoms with van der Waals surface area (Å²) in [5, 5.41) is 5.63. The number of imidazole rings is 1. The molecule has 1 amide bonds. The van der Waals surface area contributed by atoms with E-state index in [1.807, 2.05) is 25.2 Å². The van der Waals surface area contributed by atoms with Gasteiger partial charge in [0.1, 0.15) is 17.2 Å². The van der Waals surface area contributed by atoms with Crippen LogP contribution in [0, 0.1) is 11.7 Å². The molecular weight excluding hydrogens is 417 g/mol. The summed E-state index contributed by atoms with van der Waals surface area (Å²) >= 11 is 0. The summed E-state index contributed by atoms with van der Waals surface area (Å²) < 4.78 is 17.4. The Balaban J connectivity index is 1.35. The van der Waals surface area contributed by atoms with Gasteiger partial charge in [0.2, 0.25) is 0 Å². The Hall–Kier alpha value is -3.22. The van der Waals surface area contributed by atoms with E-state index in [9.17, 15) is 9.18 Å². The standard InChI is InChI=1S/C26H28FN5O/c1-30-22-13-18(26(33)31(20-9-10-20)15-17-5-3-2-4-6-17)7-11-21(22)25(29-30)23-14-28-24-12-8-19(27)16-32(23)24/h7-8,11-14,16-17,20H,2-6,9-10,15H2,1H3. The number of carbonyl (C=O) groups excluding carboxylic acids is 1. The van der Waals surface area contributed by atoms with Crippen LogP contribution in [0.1, 0.15) is 55.3 Å². The first kappa shape index (κ1) is 20.4. The van der Waals surface area contributed by atoms with Crippen molar-refractivity contribution in [1.82, 2.24) is 24.1 Å². The van der Waals surface area contributed by atoms with Crippen LogP contribution in [0.15, 0.2) is 42.7 Å². The zero-order valence-corrected chi connectivity index (χ0v) is 18.9. The van der Waals surface area contributed by atoms with E-state index in [1.54, 1.807) is 21.3 Å². The Morgan fingerprint density at radius 1 is 1.12 bits per heavy atom. The van der Waals surface area contributed by atoms with Crippen molar-refractivity contribution in [3.05, 3.63) is 54.1 Å². The van der Waals surface area contributed by atoms with Crippen molar-refractivity contribution in [3.63, 3.8) is 0 Å². The first-order valence-electron chi connectivity index (χ1n) is 12.0. The highest BCUT2D eigenvalue weighted by Gasteiger charge is 2.35. The fraction of sp³-hybridized carbons (Fsp3) is 0.423. The minimum atomic E-state index is -0.326. The van der Waals surface area contributed by atoms with Crippen LogP contribution in [0.5, 0.6) is 0 Å². The van der Waals surface area contributed by atoms with E-state index in [0.717, 1.165) is 41.7 Å². The molecule has 0 aliphatic heterocycles. The lowest BCUT2D eigenvalue weighted by atomic mass is 9.88. The number of aryl methyl sites for hydroxylation is 1. The average molecular weight is 446 g/mol. The molecule has 1 aromatic carbocycles. The van der Waals surface area contributed by atoms with Crippen LogP contribution >= 0.6 is 0 Å². The van der Waals surface area contributed by atoms with Crippen molar-refractivity contribution in [1.29, 1.82) is 0 Å². The number of aromatic nitrogens is 4. The number of hydrogen-bond donors (Lipinski definition) is 0. The predicted octanol–water partition coefficient (Wildman–Crippen LogP) is 5.21. The Labute approximate surface area is 192 Å². The second-order valence-electron chi connectivity index (χ2n) is 9.62. The summed E-state index contributed by atoms with van der Waals surface area (Å²) in [6, 6.07) is 9.28. The Morgan fingerprint density at radius 2 is 1.94 bits per heavy atom. The van der Waals surface area contributed by atoms with Crippen molar-refractivity contribution in [2.75, 3.05) is 6.54 Å². The number of fused-ring (bicyclic) bond motifs is 2. The number of amides is 1. The smallest absolute Gasteiger partial charge is 0.254 e. The topological polar surface area (TPSA) is 55.4 Å². The number of carbonyl (C=O) groups is 1. The fourth-order valence-electron chi connectivity index (χ4n) is 5.31. The van der Waals surface area contributed by atoms with Gasteiger partial charge in [0.15, 0.2) is 0 Å². The summed E-state index contributed by atoms with van der Waals surface area (Å²) in [4.78, 5) is 20.1. The maximum absolute atomic E-state index is 13.9. The number of rotatable bonds is 5. The zero-order valence-electron chi connectivity index (χ0n) is 18.9. The number of benzene rings is 1. The SMILES string of the molecule is Cn1nc(-c2cnc3ccc(F)cn23)c2ccc(C(=O)N(CC3CCCCC3)C3CC3)cc21. The third-order valence-electron chi connectivity index (χ3n) is 7.24. The molecule has 0 unspecified atom stereocenters. The van der Waals surface area contributed by atoms with Crippen LogP contribution in [0.4, 0.5) is 4.39 Å². The third-order valence-corrected chi connectivity index (χ3v) is 7.24. The maximum Gasteiger partial charge on any atom is 0.254 e. The molecule has 2 aliphatic carbocycles. The van der Waals surface area contributed by atoms with Gasteiger partial charge in [-0.3, -0.25) is 13.9 Å². The molecule has 6 rings (SSSR count). The van der Waals surface area contributed by atoms with Crippen molar-refractivity contribution in [2.45, 2.75) is 51.0 Å². The lowest BCUT2D eigenvalue weighted by Gasteiger charge is -2.30. The van der Waals surface area contributed by atoms with Crippen molar-refractivity contribution in [3.8, 4) is 11.4 Å². The average Bonchev–Trinajstić information content (AvgIpc) is 3.52. The second kappa shape index (κ2) is 7.97. The minimum absolute atomic E-state index is 0.129. The fourth-order valence-corrected chi connectivity index (χ4v) is 5.31. The van der Waals surface area contributed by atoms with Gasteiger partial charge in [-0.05, 0) is 61.9 Å². The molecule has 7 heteroatoms. The predicted molar refractivity (Wildman–Crippen MR) is 125 cm³/mol. The summed E-state index contributed by atoms with van der Waals surface area (Å²) in [5.74, 6) is 0.434. The van der Waals surface area contributed by atoms with Crippen LogP contribution in [-0.4, -0.2) is 42.6 Å². The highest BCUT2D eigenvalue weighted by atomic mass is 19.1. The third kappa shape index (κ3) is 3.69. The Bertz CT molecular complexity index is 1350. The van der Waals surface area contributed by atoms with E-state index in [2.05, 4.69) is 9.88 Å². The molecule has 3 heterocycles. The quantitative estimate of drug-likeness (QED) is 0.424. The highest BCUT2D eigenvalue weighted by molar-refractivity contribution is 6.01. The summed E-state index contributed by atoms with van der Waals surface area (Å²) in [7, 11) is 1.88. The molecule has 6 nitrogen and oxygen atoms in total. The first-order valence-corrected chi connectivity index (χ1v) is 12.0. The molecule has 33 heavy (non-hydrogen) atoms. The highest BCUT2D eigenvalue weighted by Crippen LogP contribution is 2.34. The van der Waals surface area contributed by atoms with Gasteiger partial charge in [0.05, 0.1) is 17.4 Å². The van der Waals surface area contributed by atoms with Gasteiger partial charge in [0, 0.05) is 36.8 Å². The number of pyridine rings is 1. The van der Waals surface area contributed by atoms with Crippen LogP contribution in [0.25, 0.3) is 27.9 Å². The van der Waals surface area contributed by atoms with Gasteiger partial charge in [-0.1, -0.05) is 19.3 Å². The zero-order chi connectivity index (χ0) is 22.5. The molecule has 2 fully saturated rings. The molecule has 4 aromatic rings. The van der Waals surface area contributed by atoms with Gasteiger partial charge in [-0.25, -0.2) is 9.37 Å². The Kier molecular flexibility index (Phi) is 4.93. The van der Waals surface area contributed by atoms with E-state index in [0.29, 0.717) is 23.2 Å². The van der Waals surface area contributed by atoms with E-state index in [1.165, 1.54) is 44.4 Å². The van der Waals surface area contributed by atoms with E-state index in [4.69, 9.17) is 5.10 Å². The maximum atomic E-state index is 13.9. The minimum Gasteiger partial charge on any atom is -0.335 e. The van der Waals surface area contributed by atoms with Gasteiger partial charge in [-0.15, -0.1) is 0 Å². The molecule has 2 saturated carbocycles. The van der Waals surface area contributed by atoms with Gasteiger partial charge in [0.25, 0.3) is 5.91 Å². The molecule has 0 N–H and O–H groups in total. The molecule has 0 radical (unpaired) electrons. The molecule has 0 atom stereocenters. The van der Waals surface area contributed by atoms with Gasteiger partial charge >= 0.3 is 0 Å². The normalized spacial score (nSPS) is 17.2. The summed E-state index contributed by atoms with van der Waals surface area (Å²) in [6.07, 6.45) is 11.7. The van der Waals surface area contributed by atoms with Crippen LogP contribution < -0.4 is 0 Å². The van der Waals surface area contributed by atoms with Gasteiger partial charge in [-0.2, -0.15) is 5.10 Å². The van der Waals surface area contributed by atoms with Gasteiger partial charge < -0.3 is 4.90 Å². The molecule has 2 aliphatic rings. The number of hydrogen-bond acceptors (Lipinski definition) is 3. The van der Waals surface area contributed by atoms with Crippen molar-refractivity contribution in [2.24, 2.45) is 13.0 Å². The van der Waals surface area contributed by atoms with E-state index in [-0.39, 0.29) is 11.7 Å². The largest absolute Gasteiger partial charge is 0.335 e. The van der Waals surface area contributed by atoms with E-state index < -0.39 is 0 Å². The van der Waals surface area contributed by atoms with Crippen molar-refractivity contribution >= 4 is 22.5 Å². The molecule has 3 aromatic heterocycles. The van der Waals surface area contributed by atoms with Crippen LogP contribution in [-0.2, 0) is 7.05 Å². The number of nitrogens with zero attached hydrogens (tertiary/aromatic N) is 5. The lowest BCUT2D eigenvalue weighted by molar-refractivity contribution is 0.0699. The van der Waals surface area contributed by atoms with Crippen molar-refractivity contribution < 1.29 is 9.18 Å². The monoisotopic (exact) mass is 445 g/mol. The molecule has 0 saturated heterocycles. The number of halogens is 1. The molecular formula is C26H28FN5O. The summed E-state index contributed by atoms with van der Waals surface area (Å²) in [5.41, 5.74) is 3.72.